The first kappa shape index (κ1) is 18.3. The van der Waals surface area contributed by atoms with E-state index in [9.17, 15) is 14.0 Å². The number of benzene rings is 2. The normalized spacial score (nSPS) is 10.5. The molecular formula is C20H18FN3O3. The fourth-order valence-corrected chi connectivity index (χ4v) is 2.53. The van der Waals surface area contributed by atoms with E-state index in [1.165, 1.54) is 37.4 Å². The molecule has 138 valence electrons. The van der Waals surface area contributed by atoms with Crippen LogP contribution < -0.4 is 15.6 Å². The molecule has 3 aromatic rings. The minimum absolute atomic E-state index is 0.0553. The van der Waals surface area contributed by atoms with Gasteiger partial charge in [0, 0.05) is 5.69 Å². The van der Waals surface area contributed by atoms with Gasteiger partial charge in [-0.25, -0.2) is 4.39 Å². The Balaban J connectivity index is 2.01. The van der Waals surface area contributed by atoms with Gasteiger partial charge in [0.2, 0.25) is 0 Å². The summed E-state index contributed by atoms with van der Waals surface area (Å²) in [7, 11) is 1.35. The van der Waals surface area contributed by atoms with Gasteiger partial charge in [0.05, 0.1) is 18.9 Å². The summed E-state index contributed by atoms with van der Waals surface area (Å²) in [5, 5.41) is 6.88. The van der Waals surface area contributed by atoms with Gasteiger partial charge in [0.15, 0.2) is 11.4 Å². The lowest BCUT2D eigenvalue weighted by Crippen LogP contribution is -2.26. The molecule has 0 atom stereocenters. The fraction of sp³-hybridized carbons (Fsp3) is 0.150. The van der Waals surface area contributed by atoms with Crippen molar-refractivity contribution in [1.82, 2.24) is 9.78 Å². The number of hydrogen-bond acceptors (Lipinski definition) is 4. The Hall–Kier alpha value is -3.48. The Kier molecular flexibility index (Phi) is 5.03. The van der Waals surface area contributed by atoms with Crippen molar-refractivity contribution in [3.8, 4) is 11.4 Å². The predicted molar refractivity (Wildman–Crippen MR) is 100 cm³/mol. The van der Waals surface area contributed by atoms with E-state index in [-0.39, 0.29) is 11.4 Å². The highest BCUT2D eigenvalue weighted by Gasteiger charge is 2.18. The zero-order valence-electron chi connectivity index (χ0n) is 15.1. The molecule has 6 nitrogen and oxygen atoms in total. The average Bonchev–Trinajstić information content (AvgIpc) is 2.65. The summed E-state index contributed by atoms with van der Waals surface area (Å²) in [4.78, 5) is 25.0. The number of ether oxygens (including phenoxy) is 1. The second-order valence-electron chi connectivity index (χ2n) is 6.04. The minimum Gasteiger partial charge on any atom is -0.494 e. The molecule has 0 aliphatic heterocycles. The van der Waals surface area contributed by atoms with E-state index in [2.05, 4.69) is 10.4 Å². The third-order valence-corrected chi connectivity index (χ3v) is 4.17. The number of carbonyl (C=O) groups is 1. The van der Waals surface area contributed by atoms with E-state index in [1.54, 1.807) is 6.07 Å². The summed E-state index contributed by atoms with van der Waals surface area (Å²) < 4.78 is 19.3. The predicted octanol–water partition coefficient (Wildman–Crippen LogP) is 3.25. The van der Waals surface area contributed by atoms with Crippen LogP contribution in [0.1, 0.15) is 21.6 Å². The number of nitrogens with one attached hydrogen (secondary N) is 1. The summed E-state index contributed by atoms with van der Waals surface area (Å²) in [5.41, 5.74) is 2.52. The van der Waals surface area contributed by atoms with Gasteiger partial charge in [-0.15, -0.1) is 0 Å². The number of amides is 1. The second kappa shape index (κ2) is 7.41. The summed E-state index contributed by atoms with van der Waals surface area (Å²) in [6.07, 6.45) is 0. The molecular weight excluding hydrogens is 349 g/mol. The highest BCUT2D eigenvalue weighted by Crippen LogP contribution is 2.19. The molecule has 1 N–H and O–H groups in total. The Morgan fingerprint density at radius 2 is 1.78 bits per heavy atom. The molecule has 1 aromatic heterocycles. The molecule has 0 saturated heterocycles. The van der Waals surface area contributed by atoms with Crippen LogP contribution in [0.3, 0.4) is 0 Å². The quantitative estimate of drug-likeness (QED) is 0.768. The number of aromatic nitrogens is 2. The lowest BCUT2D eigenvalue weighted by Gasteiger charge is -2.12. The zero-order chi connectivity index (χ0) is 19.6. The van der Waals surface area contributed by atoms with Crippen molar-refractivity contribution >= 4 is 11.6 Å². The zero-order valence-corrected chi connectivity index (χ0v) is 15.1. The van der Waals surface area contributed by atoms with Gasteiger partial charge in [0.1, 0.15) is 5.82 Å². The fourth-order valence-electron chi connectivity index (χ4n) is 2.53. The maximum Gasteiger partial charge on any atom is 0.280 e. The molecule has 3 rings (SSSR count). The Bertz CT molecular complexity index is 1060. The van der Waals surface area contributed by atoms with Crippen LogP contribution in [0.25, 0.3) is 5.69 Å². The van der Waals surface area contributed by atoms with E-state index in [4.69, 9.17) is 4.74 Å². The molecule has 7 heteroatoms. The van der Waals surface area contributed by atoms with Crippen LogP contribution in [0.4, 0.5) is 10.1 Å². The second-order valence-corrected chi connectivity index (χ2v) is 6.04. The van der Waals surface area contributed by atoms with E-state index in [0.717, 1.165) is 15.8 Å². The third-order valence-electron chi connectivity index (χ3n) is 4.17. The number of rotatable bonds is 4. The Morgan fingerprint density at radius 1 is 1.07 bits per heavy atom. The Labute approximate surface area is 155 Å². The monoisotopic (exact) mass is 367 g/mol. The van der Waals surface area contributed by atoms with Crippen molar-refractivity contribution in [2.45, 2.75) is 13.8 Å². The molecule has 0 aliphatic rings. The van der Waals surface area contributed by atoms with Crippen LogP contribution in [-0.4, -0.2) is 22.8 Å². The van der Waals surface area contributed by atoms with Crippen molar-refractivity contribution in [3.63, 3.8) is 0 Å². The molecule has 0 spiro atoms. The Morgan fingerprint density at radius 3 is 2.41 bits per heavy atom. The molecule has 0 radical (unpaired) electrons. The number of methoxy groups -OCH3 is 1. The van der Waals surface area contributed by atoms with Gasteiger partial charge >= 0.3 is 0 Å². The summed E-state index contributed by atoms with van der Waals surface area (Å²) in [6.45, 7) is 3.92. The highest BCUT2D eigenvalue weighted by molar-refractivity contribution is 6.04. The smallest absolute Gasteiger partial charge is 0.280 e. The number of carbonyl (C=O) groups excluding carboxylic acids is 1. The number of aryl methyl sites for hydroxylation is 2. The summed E-state index contributed by atoms with van der Waals surface area (Å²) in [5.74, 6) is -0.904. The highest BCUT2D eigenvalue weighted by atomic mass is 19.1. The first-order chi connectivity index (χ1) is 12.9. The topological polar surface area (TPSA) is 73.2 Å². The molecule has 0 saturated carbocycles. The van der Waals surface area contributed by atoms with Crippen LogP contribution in [0.5, 0.6) is 5.75 Å². The lowest BCUT2D eigenvalue weighted by molar-refractivity contribution is 0.101. The standard InChI is InChI=1S/C20H18FN3O3/c1-12-4-7-15(10-13(12)2)22-20(26)19-17(27-3)11-18(25)24(23-19)16-8-5-14(21)6-9-16/h4-11H,1-3H3,(H,22,26). The van der Waals surface area contributed by atoms with Crippen molar-refractivity contribution in [3.05, 3.63) is 81.5 Å². The van der Waals surface area contributed by atoms with E-state index < -0.39 is 17.3 Å². The van der Waals surface area contributed by atoms with Gasteiger partial charge in [-0.05, 0) is 61.4 Å². The third kappa shape index (κ3) is 3.87. The molecule has 1 amide bonds. The van der Waals surface area contributed by atoms with Crippen molar-refractivity contribution in [2.75, 3.05) is 12.4 Å². The lowest BCUT2D eigenvalue weighted by atomic mass is 10.1. The van der Waals surface area contributed by atoms with Crippen LogP contribution in [0, 0.1) is 19.7 Å². The van der Waals surface area contributed by atoms with E-state index >= 15 is 0 Å². The molecule has 0 fully saturated rings. The van der Waals surface area contributed by atoms with E-state index in [1.807, 2.05) is 26.0 Å². The van der Waals surface area contributed by atoms with Gasteiger partial charge < -0.3 is 10.1 Å². The maximum absolute atomic E-state index is 13.1. The molecule has 0 unspecified atom stereocenters. The van der Waals surface area contributed by atoms with Gasteiger partial charge in [-0.1, -0.05) is 6.07 Å². The van der Waals surface area contributed by atoms with Crippen molar-refractivity contribution in [1.29, 1.82) is 0 Å². The molecule has 0 bridgehead atoms. The summed E-state index contributed by atoms with van der Waals surface area (Å²) in [6, 6.07) is 11.9. The molecule has 1 heterocycles. The number of nitrogens with zero attached hydrogens (tertiary/aromatic N) is 2. The number of hydrogen-bond donors (Lipinski definition) is 1. The van der Waals surface area contributed by atoms with Gasteiger partial charge in [-0.3, -0.25) is 9.59 Å². The SMILES string of the molecule is COc1cc(=O)n(-c2ccc(F)cc2)nc1C(=O)Nc1ccc(C)c(C)c1. The van der Waals surface area contributed by atoms with Crippen LogP contribution >= 0.6 is 0 Å². The number of anilines is 1. The van der Waals surface area contributed by atoms with Gasteiger partial charge in [0.25, 0.3) is 11.5 Å². The first-order valence-electron chi connectivity index (χ1n) is 8.22. The van der Waals surface area contributed by atoms with Crippen molar-refractivity contribution < 1.29 is 13.9 Å². The molecule has 27 heavy (non-hydrogen) atoms. The van der Waals surface area contributed by atoms with Crippen LogP contribution in [-0.2, 0) is 0 Å². The molecule has 2 aromatic carbocycles. The maximum atomic E-state index is 13.1. The minimum atomic E-state index is -0.522. The summed E-state index contributed by atoms with van der Waals surface area (Å²) >= 11 is 0. The largest absolute Gasteiger partial charge is 0.494 e. The van der Waals surface area contributed by atoms with Gasteiger partial charge in [-0.2, -0.15) is 9.78 Å². The molecule has 0 aliphatic carbocycles. The average molecular weight is 367 g/mol. The van der Waals surface area contributed by atoms with Crippen molar-refractivity contribution in [2.24, 2.45) is 0 Å². The van der Waals surface area contributed by atoms with Crippen LogP contribution in [0.15, 0.2) is 53.3 Å². The van der Waals surface area contributed by atoms with E-state index in [0.29, 0.717) is 11.4 Å². The first-order valence-corrected chi connectivity index (χ1v) is 8.22. The van der Waals surface area contributed by atoms with Crippen LogP contribution in [0.2, 0.25) is 0 Å². The number of halogens is 1.